The fourth-order valence-corrected chi connectivity index (χ4v) is 3.31. The van der Waals surface area contributed by atoms with Crippen LogP contribution in [0.5, 0.6) is 5.75 Å². The molecule has 0 amide bonds. The van der Waals surface area contributed by atoms with E-state index in [-0.39, 0.29) is 30.2 Å². The quantitative estimate of drug-likeness (QED) is 0.550. The zero-order chi connectivity index (χ0) is 22.0. The Balaban J connectivity index is 2.33. The van der Waals surface area contributed by atoms with Crippen molar-refractivity contribution in [3.8, 4) is 11.4 Å². The van der Waals surface area contributed by atoms with Crippen molar-refractivity contribution in [3.63, 3.8) is 0 Å². The zero-order valence-corrected chi connectivity index (χ0v) is 17.8. The highest BCUT2D eigenvalue weighted by molar-refractivity contribution is 5.79. The smallest absolute Gasteiger partial charge is 0.337 e. The highest BCUT2D eigenvalue weighted by Crippen LogP contribution is 2.20. The second kappa shape index (κ2) is 8.56. The Labute approximate surface area is 173 Å². The Hall–Kier alpha value is -3.36. The van der Waals surface area contributed by atoms with Gasteiger partial charge < -0.3 is 14.0 Å². The predicted octanol–water partition coefficient (Wildman–Crippen LogP) is 2.14. The van der Waals surface area contributed by atoms with Crippen molar-refractivity contribution in [1.82, 2.24) is 18.7 Å². The Morgan fingerprint density at radius 2 is 1.80 bits per heavy atom. The number of aromatic nitrogens is 4. The van der Waals surface area contributed by atoms with Crippen LogP contribution in [0.3, 0.4) is 0 Å². The molecule has 0 aliphatic heterocycles. The molecule has 1 aromatic carbocycles. The zero-order valence-electron chi connectivity index (χ0n) is 17.8. The highest BCUT2D eigenvalue weighted by Gasteiger charge is 2.25. The van der Waals surface area contributed by atoms with Crippen LogP contribution in [-0.4, -0.2) is 38.4 Å². The summed E-state index contributed by atoms with van der Waals surface area (Å²) in [5, 5.41) is 0. The van der Waals surface area contributed by atoms with Crippen LogP contribution in [0.25, 0.3) is 16.9 Å². The molecule has 0 saturated carbocycles. The maximum Gasteiger partial charge on any atom is 0.337 e. The van der Waals surface area contributed by atoms with E-state index in [0.717, 1.165) is 0 Å². The van der Waals surface area contributed by atoms with E-state index in [0.29, 0.717) is 11.4 Å². The van der Waals surface area contributed by atoms with Crippen LogP contribution in [0.2, 0.25) is 0 Å². The molecule has 30 heavy (non-hydrogen) atoms. The van der Waals surface area contributed by atoms with Gasteiger partial charge in [0.15, 0.2) is 11.2 Å². The first-order valence-electron chi connectivity index (χ1n) is 9.83. The lowest BCUT2D eigenvalue weighted by Crippen LogP contribution is -2.41. The summed E-state index contributed by atoms with van der Waals surface area (Å²) >= 11 is 0. The van der Waals surface area contributed by atoms with Gasteiger partial charge in [0.05, 0.1) is 25.7 Å². The molecule has 9 heteroatoms. The van der Waals surface area contributed by atoms with Crippen molar-refractivity contribution < 1.29 is 14.3 Å². The molecule has 3 rings (SSSR count). The van der Waals surface area contributed by atoms with E-state index >= 15 is 0 Å². The molecule has 3 aromatic rings. The minimum Gasteiger partial charge on any atom is -0.497 e. The van der Waals surface area contributed by atoms with Gasteiger partial charge in [-0.1, -0.05) is 13.8 Å². The molecule has 0 saturated heterocycles. The predicted molar refractivity (Wildman–Crippen MR) is 112 cm³/mol. The van der Waals surface area contributed by atoms with Gasteiger partial charge in [-0.2, -0.15) is 0 Å². The first-order valence-corrected chi connectivity index (χ1v) is 9.83. The largest absolute Gasteiger partial charge is 0.497 e. The Morgan fingerprint density at radius 3 is 2.37 bits per heavy atom. The first-order chi connectivity index (χ1) is 14.3. The van der Waals surface area contributed by atoms with E-state index in [1.54, 1.807) is 45.2 Å². The molecular formula is C21H26N4O5. The van der Waals surface area contributed by atoms with Crippen LogP contribution >= 0.6 is 0 Å². The molecule has 0 radical (unpaired) electrons. The summed E-state index contributed by atoms with van der Waals surface area (Å²) in [4.78, 5) is 43.1. The van der Waals surface area contributed by atoms with E-state index in [9.17, 15) is 14.4 Å². The van der Waals surface area contributed by atoms with Crippen LogP contribution < -0.4 is 16.0 Å². The molecule has 9 nitrogen and oxygen atoms in total. The number of hydrogen-bond acceptors (Lipinski definition) is 6. The highest BCUT2D eigenvalue weighted by atomic mass is 16.5. The van der Waals surface area contributed by atoms with Gasteiger partial charge >= 0.3 is 11.7 Å². The normalized spacial score (nSPS) is 12.3. The molecule has 160 valence electrons. The van der Waals surface area contributed by atoms with E-state index in [1.807, 2.05) is 13.8 Å². The lowest BCUT2D eigenvalue weighted by Gasteiger charge is -2.16. The Kier molecular flexibility index (Phi) is 6.09. The van der Waals surface area contributed by atoms with Gasteiger partial charge in [0.2, 0.25) is 0 Å². The average molecular weight is 414 g/mol. The van der Waals surface area contributed by atoms with E-state index in [4.69, 9.17) is 9.47 Å². The van der Waals surface area contributed by atoms with Crippen molar-refractivity contribution in [1.29, 1.82) is 0 Å². The van der Waals surface area contributed by atoms with Gasteiger partial charge in [0.1, 0.15) is 11.8 Å². The summed E-state index contributed by atoms with van der Waals surface area (Å²) < 4.78 is 14.3. The van der Waals surface area contributed by atoms with Crippen molar-refractivity contribution in [2.45, 2.75) is 40.3 Å². The maximum atomic E-state index is 13.3. The van der Waals surface area contributed by atoms with Crippen molar-refractivity contribution >= 4 is 17.1 Å². The topological polar surface area (TPSA) is 97.4 Å². The van der Waals surface area contributed by atoms with Crippen LogP contribution in [0.15, 0.2) is 40.2 Å². The van der Waals surface area contributed by atoms with Crippen LogP contribution in [0.4, 0.5) is 0 Å². The summed E-state index contributed by atoms with van der Waals surface area (Å²) in [6.07, 6.45) is 1.40. The molecule has 1 unspecified atom stereocenters. The molecule has 0 fully saturated rings. The number of esters is 1. The Morgan fingerprint density at radius 1 is 1.13 bits per heavy atom. The minimum absolute atomic E-state index is 0.0658. The number of fused-ring (bicyclic) bond motifs is 1. The van der Waals surface area contributed by atoms with Gasteiger partial charge in [-0.15, -0.1) is 0 Å². The SMILES string of the molecule is CCOC(=O)C(C)n1cnc2c1c(=O)n(CC(C)C)c(=O)n2-c1ccc(OC)cc1. The van der Waals surface area contributed by atoms with E-state index < -0.39 is 23.3 Å². The summed E-state index contributed by atoms with van der Waals surface area (Å²) in [5.41, 5.74) is -0.0715. The molecule has 0 aliphatic carbocycles. The summed E-state index contributed by atoms with van der Waals surface area (Å²) in [5.74, 6) is 0.227. The van der Waals surface area contributed by atoms with Gasteiger partial charge in [0.25, 0.3) is 5.56 Å². The molecule has 1 atom stereocenters. The average Bonchev–Trinajstić information content (AvgIpc) is 3.16. The van der Waals surface area contributed by atoms with Gasteiger partial charge in [-0.25, -0.2) is 19.1 Å². The number of methoxy groups -OCH3 is 1. The summed E-state index contributed by atoms with van der Waals surface area (Å²) in [6, 6.07) is 6.12. The fraction of sp³-hybridized carbons (Fsp3) is 0.429. The molecular weight excluding hydrogens is 388 g/mol. The van der Waals surface area contributed by atoms with Gasteiger partial charge in [-0.05, 0) is 44.0 Å². The van der Waals surface area contributed by atoms with Gasteiger partial charge in [-0.3, -0.25) is 9.36 Å². The number of carbonyl (C=O) groups is 1. The number of rotatable bonds is 7. The standard InChI is InChI=1S/C21H26N4O5/c1-6-30-20(27)14(4)24-12-22-18-17(24)19(26)23(11-13(2)3)21(28)25(18)15-7-9-16(29-5)10-8-15/h7-10,12-14H,6,11H2,1-5H3. The third kappa shape index (κ3) is 3.74. The number of ether oxygens (including phenoxy) is 2. The first kappa shape index (κ1) is 21.4. The number of carbonyl (C=O) groups excluding carboxylic acids is 1. The van der Waals surface area contributed by atoms with E-state index in [2.05, 4.69) is 4.98 Å². The number of benzene rings is 1. The second-order valence-electron chi connectivity index (χ2n) is 7.38. The van der Waals surface area contributed by atoms with Crippen LogP contribution in [0, 0.1) is 5.92 Å². The lowest BCUT2D eigenvalue weighted by molar-refractivity contribution is -0.146. The third-order valence-corrected chi connectivity index (χ3v) is 4.78. The van der Waals surface area contributed by atoms with Crippen LogP contribution in [-0.2, 0) is 16.1 Å². The fourth-order valence-electron chi connectivity index (χ4n) is 3.31. The summed E-state index contributed by atoms with van der Waals surface area (Å²) in [7, 11) is 1.56. The molecule has 2 heterocycles. The van der Waals surface area contributed by atoms with E-state index in [1.165, 1.54) is 20.0 Å². The monoisotopic (exact) mass is 414 g/mol. The number of nitrogens with zero attached hydrogens (tertiary/aromatic N) is 4. The van der Waals surface area contributed by atoms with Crippen molar-refractivity contribution in [2.24, 2.45) is 5.92 Å². The Bertz CT molecular complexity index is 1170. The molecule has 0 N–H and O–H groups in total. The third-order valence-electron chi connectivity index (χ3n) is 4.78. The summed E-state index contributed by atoms with van der Waals surface area (Å²) in [6.45, 7) is 7.66. The number of hydrogen-bond donors (Lipinski definition) is 0. The minimum atomic E-state index is -0.767. The maximum absolute atomic E-state index is 13.3. The van der Waals surface area contributed by atoms with Gasteiger partial charge in [0, 0.05) is 6.54 Å². The van der Waals surface area contributed by atoms with Crippen molar-refractivity contribution in [3.05, 3.63) is 51.4 Å². The lowest BCUT2D eigenvalue weighted by atomic mass is 10.2. The molecule has 2 aromatic heterocycles. The number of imidazole rings is 1. The molecule has 0 aliphatic rings. The second-order valence-corrected chi connectivity index (χ2v) is 7.38. The molecule has 0 bridgehead atoms. The molecule has 0 spiro atoms. The van der Waals surface area contributed by atoms with Crippen molar-refractivity contribution in [2.75, 3.05) is 13.7 Å². The van der Waals surface area contributed by atoms with Crippen LogP contribution in [0.1, 0.15) is 33.7 Å².